The summed E-state index contributed by atoms with van der Waals surface area (Å²) in [5, 5.41) is 0. The molecule has 6 rings (SSSR count). The van der Waals surface area contributed by atoms with Gasteiger partial charge in [-0.05, 0) is 96.9 Å². The molecule has 4 aromatic carbocycles. The summed E-state index contributed by atoms with van der Waals surface area (Å²) in [4.78, 5) is 18.2. The Bertz CT molecular complexity index is 1510. The summed E-state index contributed by atoms with van der Waals surface area (Å²) >= 11 is 0. The van der Waals surface area contributed by atoms with E-state index in [0.29, 0.717) is 13.0 Å². The molecule has 1 aliphatic heterocycles. The second kappa shape index (κ2) is 14.1. The number of hydrogen-bond donors (Lipinski definition) is 2. The van der Waals surface area contributed by atoms with Crippen molar-refractivity contribution >= 4 is 17.3 Å². The Morgan fingerprint density at radius 2 is 1.34 bits per heavy atom. The van der Waals surface area contributed by atoms with Crippen LogP contribution in [0.5, 0.6) is 0 Å². The van der Waals surface area contributed by atoms with E-state index in [0.717, 1.165) is 84.7 Å². The predicted molar refractivity (Wildman–Crippen MR) is 182 cm³/mol. The Hall–Kier alpha value is -4.09. The molecular formula is C39H46N4O. The van der Waals surface area contributed by atoms with Gasteiger partial charge in [-0.25, -0.2) is 0 Å². The molecule has 1 aliphatic carbocycles. The average molecular weight is 587 g/mol. The van der Waals surface area contributed by atoms with E-state index in [1.165, 1.54) is 18.4 Å². The number of nitrogens with two attached hydrogens (primary N) is 2. The number of nitrogens with zero attached hydrogens (tertiary/aromatic N) is 2. The summed E-state index contributed by atoms with van der Waals surface area (Å²) in [6.07, 6.45) is 7.81. The van der Waals surface area contributed by atoms with Gasteiger partial charge in [-0.2, -0.15) is 0 Å². The average Bonchev–Trinajstić information content (AvgIpc) is 3.06. The number of rotatable bonds is 9. The van der Waals surface area contributed by atoms with Crippen LogP contribution in [0.4, 0.5) is 11.4 Å². The maximum atomic E-state index is 13.7. The van der Waals surface area contributed by atoms with Crippen LogP contribution in [0.2, 0.25) is 0 Å². The number of nitrogen functional groups attached to an aromatic ring is 1. The molecule has 4 aromatic rings. The topological polar surface area (TPSA) is 75.6 Å². The Labute approximate surface area is 262 Å². The second-order valence-electron chi connectivity index (χ2n) is 12.8. The van der Waals surface area contributed by atoms with Crippen LogP contribution in [0.15, 0.2) is 103 Å². The maximum absolute atomic E-state index is 13.7. The van der Waals surface area contributed by atoms with Crippen molar-refractivity contribution in [3.63, 3.8) is 0 Å². The van der Waals surface area contributed by atoms with Crippen molar-refractivity contribution in [2.75, 3.05) is 23.7 Å². The van der Waals surface area contributed by atoms with E-state index in [4.69, 9.17) is 11.5 Å². The van der Waals surface area contributed by atoms with E-state index in [-0.39, 0.29) is 18.0 Å². The van der Waals surface area contributed by atoms with Crippen LogP contribution in [0, 0.1) is 5.92 Å². The van der Waals surface area contributed by atoms with Gasteiger partial charge in [0.15, 0.2) is 0 Å². The van der Waals surface area contributed by atoms with Crippen molar-refractivity contribution in [2.24, 2.45) is 11.7 Å². The summed E-state index contributed by atoms with van der Waals surface area (Å²) in [6.45, 7) is 2.68. The lowest BCUT2D eigenvalue weighted by Gasteiger charge is -2.36. The number of piperidine rings is 1. The van der Waals surface area contributed by atoms with Gasteiger partial charge < -0.3 is 21.3 Å². The molecular weight excluding hydrogens is 540 g/mol. The third-order valence-corrected chi connectivity index (χ3v) is 9.66. The Balaban J connectivity index is 1.13. The van der Waals surface area contributed by atoms with Crippen LogP contribution in [0.1, 0.15) is 55.2 Å². The van der Waals surface area contributed by atoms with Crippen molar-refractivity contribution in [3.05, 3.63) is 120 Å². The number of anilines is 2. The minimum absolute atomic E-state index is 0.184. The van der Waals surface area contributed by atoms with E-state index in [1.807, 2.05) is 30.3 Å². The fraction of sp³-hybridized carbons (Fsp3) is 0.359. The minimum atomic E-state index is 0.184. The Morgan fingerprint density at radius 1 is 0.705 bits per heavy atom. The van der Waals surface area contributed by atoms with Crippen LogP contribution in [0.25, 0.3) is 11.1 Å². The SMILES string of the molecule is Nc1cc(-c2cccc(CN(C(=O)Cc3ccccc3)C3CCC(N)CC3)c2)ccc1N1CCC(Cc2ccccc2)CC1. The van der Waals surface area contributed by atoms with Crippen molar-refractivity contribution in [1.82, 2.24) is 4.90 Å². The van der Waals surface area contributed by atoms with E-state index < -0.39 is 0 Å². The normalized spacial score (nSPS) is 19.1. The van der Waals surface area contributed by atoms with E-state index in [2.05, 4.69) is 82.6 Å². The molecule has 44 heavy (non-hydrogen) atoms. The van der Waals surface area contributed by atoms with Crippen molar-refractivity contribution in [3.8, 4) is 11.1 Å². The third kappa shape index (κ3) is 7.51. The standard InChI is InChI=1S/C39H46N4O/c40-35-15-17-36(18-16-35)43(39(44)26-30-10-5-2-6-11-30)28-32-12-7-13-33(25-32)34-14-19-38(37(41)27-34)42-22-20-31(21-23-42)24-29-8-3-1-4-9-29/h1-14,19,25,27,31,35-36H,15-18,20-24,26,28,40-41H2. The highest BCUT2D eigenvalue weighted by molar-refractivity contribution is 5.80. The monoisotopic (exact) mass is 586 g/mol. The molecule has 1 saturated carbocycles. The first-order valence-electron chi connectivity index (χ1n) is 16.4. The fourth-order valence-corrected chi connectivity index (χ4v) is 7.10. The van der Waals surface area contributed by atoms with Crippen LogP contribution in [0.3, 0.4) is 0 Å². The van der Waals surface area contributed by atoms with Gasteiger partial charge in [-0.3, -0.25) is 4.79 Å². The number of benzene rings is 4. The number of carbonyl (C=O) groups is 1. The highest BCUT2D eigenvalue weighted by Gasteiger charge is 2.28. The first kappa shape index (κ1) is 30.0. The summed E-state index contributed by atoms with van der Waals surface area (Å²) in [5.41, 5.74) is 20.7. The molecule has 1 heterocycles. The molecule has 0 bridgehead atoms. The maximum Gasteiger partial charge on any atom is 0.227 e. The lowest BCUT2D eigenvalue weighted by Crippen LogP contribution is -2.44. The quantitative estimate of drug-likeness (QED) is 0.203. The third-order valence-electron chi connectivity index (χ3n) is 9.66. The molecule has 0 radical (unpaired) electrons. The zero-order valence-electron chi connectivity index (χ0n) is 25.8. The molecule has 5 nitrogen and oxygen atoms in total. The molecule has 5 heteroatoms. The summed E-state index contributed by atoms with van der Waals surface area (Å²) in [7, 11) is 0. The van der Waals surface area contributed by atoms with Gasteiger partial charge in [-0.15, -0.1) is 0 Å². The summed E-state index contributed by atoms with van der Waals surface area (Å²) in [5.74, 6) is 0.907. The summed E-state index contributed by atoms with van der Waals surface area (Å²) in [6, 6.07) is 36.5. The first-order chi connectivity index (χ1) is 21.5. The first-order valence-corrected chi connectivity index (χ1v) is 16.4. The number of amides is 1. The molecule has 0 aromatic heterocycles. The fourth-order valence-electron chi connectivity index (χ4n) is 7.10. The minimum Gasteiger partial charge on any atom is -0.397 e. The van der Waals surface area contributed by atoms with Gasteiger partial charge in [0.2, 0.25) is 5.91 Å². The molecule has 1 saturated heterocycles. The zero-order chi connectivity index (χ0) is 30.3. The van der Waals surface area contributed by atoms with Crippen molar-refractivity contribution in [2.45, 2.75) is 70.0 Å². The largest absolute Gasteiger partial charge is 0.397 e. The lowest BCUT2D eigenvalue weighted by molar-refractivity contribution is -0.134. The smallest absolute Gasteiger partial charge is 0.227 e. The van der Waals surface area contributed by atoms with Crippen LogP contribution in [-0.2, 0) is 24.2 Å². The van der Waals surface area contributed by atoms with Crippen molar-refractivity contribution < 1.29 is 4.79 Å². The predicted octanol–water partition coefficient (Wildman–Crippen LogP) is 7.24. The van der Waals surface area contributed by atoms with Crippen LogP contribution >= 0.6 is 0 Å². The van der Waals surface area contributed by atoms with E-state index in [9.17, 15) is 4.79 Å². The molecule has 228 valence electrons. The van der Waals surface area contributed by atoms with Gasteiger partial charge in [0, 0.05) is 31.7 Å². The van der Waals surface area contributed by atoms with Gasteiger partial charge in [0.05, 0.1) is 17.8 Å². The molecule has 2 aliphatic rings. The molecule has 2 fully saturated rings. The Morgan fingerprint density at radius 3 is 2.02 bits per heavy atom. The highest BCUT2D eigenvalue weighted by Crippen LogP contribution is 2.33. The lowest BCUT2D eigenvalue weighted by atomic mass is 9.89. The molecule has 0 atom stereocenters. The van der Waals surface area contributed by atoms with Gasteiger partial charge in [-0.1, -0.05) is 84.9 Å². The number of carbonyl (C=O) groups excluding carboxylic acids is 1. The summed E-state index contributed by atoms with van der Waals surface area (Å²) < 4.78 is 0. The molecule has 1 amide bonds. The van der Waals surface area contributed by atoms with Gasteiger partial charge in [0.25, 0.3) is 0 Å². The Kier molecular flexibility index (Phi) is 9.62. The molecule has 0 unspecified atom stereocenters. The molecule has 0 spiro atoms. The molecule has 4 N–H and O–H groups in total. The van der Waals surface area contributed by atoms with E-state index >= 15 is 0 Å². The van der Waals surface area contributed by atoms with Gasteiger partial charge in [0.1, 0.15) is 0 Å². The van der Waals surface area contributed by atoms with Gasteiger partial charge >= 0.3 is 0 Å². The van der Waals surface area contributed by atoms with E-state index in [1.54, 1.807) is 0 Å². The second-order valence-corrected chi connectivity index (χ2v) is 12.8. The zero-order valence-corrected chi connectivity index (χ0v) is 25.8. The van der Waals surface area contributed by atoms with Crippen LogP contribution < -0.4 is 16.4 Å². The highest BCUT2D eigenvalue weighted by atomic mass is 16.2. The number of hydrogen-bond acceptors (Lipinski definition) is 4. The van der Waals surface area contributed by atoms with Crippen molar-refractivity contribution in [1.29, 1.82) is 0 Å². The van der Waals surface area contributed by atoms with Crippen LogP contribution in [-0.4, -0.2) is 36.0 Å².